The first-order valence-corrected chi connectivity index (χ1v) is 12.9. The summed E-state index contributed by atoms with van der Waals surface area (Å²) >= 11 is 0. The SMILES string of the molecule is CCCN(CCC)CCCCNCC1CCC(n2ccnc2C(=O)NCc2ncc[nH]2)CC1. The van der Waals surface area contributed by atoms with Crippen LogP contribution in [0, 0.1) is 5.92 Å². The van der Waals surface area contributed by atoms with Crippen LogP contribution >= 0.6 is 0 Å². The maximum absolute atomic E-state index is 12.6. The lowest BCUT2D eigenvalue weighted by atomic mass is 9.85. The molecule has 0 bridgehead atoms. The molecule has 2 heterocycles. The van der Waals surface area contributed by atoms with Gasteiger partial charge in [0.25, 0.3) is 5.91 Å². The number of unbranched alkanes of at least 4 members (excludes halogenated alkanes) is 1. The Kier molecular flexibility index (Phi) is 10.9. The number of carbonyl (C=O) groups excluding carboxylic acids is 1. The van der Waals surface area contributed by atoms with Gasteiger partial charge in [-0.3, -0.25) is 4.79 Å². The Labute approximate surface area is 199 Å². The molecule has 0 aromatic carbocycles. The van der Waals surface area contributed by atoms with E-state index in [9.17, 15) is 4.79 Å². The average molecular weight is 458 g/mol. The molecule has 3 rings (SSSR count). The van der Waals surface area contributed by atoms with E-state index < -0.39 is 0 Å². The molecule has 184 valence electrons. The maximum Gasteiger partial charge on any atom is 0.287 e. The van der Waals surface area contributed by atoms with Crippen LogP contribution < -0.4 is 10.6 Å². The maximum atomic E-state index is 12.6. The number of imidazole rings is 2. The first-order valence-electron chi connectivity index (χ1n) is 12.9. The summed E-state index contributed by atoms with van der Waals surface area (Å²) in [6.45, 7) is 10.8. The Bertz CT molecular complexity index is 775. The zero-order chi connectivity index (χ0) is 23.3. The number of rotatable bonds is 15. The van der Waals surface area contributed by atoms with Gasteiger partial charge in [-0.25, -0.2) is 9.97 Å². The van der Waals surface area contributed by atoms with Crippen LogP contribution in [0.1, 0.15) is 87.7 Å². The van der Waals surface area contributed by atoms with Gasteiger partial charge in [0.15, 0.2) is 5.82 Å². The molecule has 33 heavy (non-hydrogen) atoms. The van der Waals surface area contributed by atoms with Crippen LogP contribution in [0.3, 0.4) is 0 Å². The molecule has 2 aromatic heterocycles. The van der Waals surface area contributed by atoms with Crippen molar-refractivity contribution in [3.05, 3.63) is 36.4 Å². The predicted octanol–water partition coefficient (Wildman–Crippen LogP) is 3.76. The van der Waals surface area contributed by atoms with E-state index in [1.165, 1.54) is 58.2 Å². The Morgan fingerprint density at radius 2 is 1.88 bits per heavy atom. The third-order valence-electron chi connectivity index (χ3n) is 6.64. The summed E-state index contributed by atoms with van der Waals surface area (Å²) in [4.78, 5) is 26.7. The second kappa shape index (κ2) is 14.2. The van der Waals surface area contributed by atoms with Crippen molar-refractivity contribution < 1.29 is 4.79 Å². The summed E-state index contributed by atoms with van der Waals surface area (Å²) in [5, 5.41) is 6.60. The van der Waals surface area contributed by atoms with Crippen LogP contribution in [-0.2, 0) is 6.54 Å². The van der Waals surface area contributed by atoms with E-state index in [1.54, 1.807) is 18.6 Å². The van der Waals surface area contributed by atoms with Gasteiger partial charge in [0.2, 0.25) is 0 Å². The smallest absolute Gasteiger partial charge is 0.287 e. The molecule has 2 aromatic rings. The molecule has 1 saturated carbocycles. The zero-order valence-electron chi connectivity index (χ0n) is 20.6. The Hall–Kier alpha value is -2.19. The van der Waals surface area contributed by atoms with E-state index in [-0.39, 0.29) is 5.91 Å². The molecule has 0 atom stereocenters. The van der Waals surface area contributed by atoms with E-state index in [0.29, 0.717) is 18.4 Å². The lowest BCUT2D eigenvalue weighted by Crippen LogP contribution is -2.31. The van der Waals surface area contributed by atoms with Gasteiger partial charge in [-0.15, -0.1) is 0 Å². The Morgan fingerprint density at radius 1 is 1.09 bits per heavy atom. The molecular formula is C25H43N7O. The van der Waals surface area contributed by atoms with Crippen molar-refractivity contribution in [3.63, 3.8) is 0 Å². The van der Waals surface area contributed by atoms with E-state index in [2.05, 4.69) is 48.9 Å². The molecule has 0 spiro atoms. The zero-order valence-corrected chi connectivity index (χ0v) is 20.6. The lowest BCUT2D eigenvalue weighted by Gasteiger charge is -2.30. The van der Waals surface area contributed by atoms with Gasteiger partial charge in [-0.1, -0.05) is 13.8 Å². The number of hydrogen-bond donors (Lipinski definition) is 3. The predicted molar refractivity (Wildman–Crippen MR) is 132 cm³/mol. The molecule has 1 aliphatic rings. The van der Waals surface area contributed by atoms with Crippen molar-refractivity contribution >= 4 is 5.91 Å². The van der Waals surface area contributed by atoms with Gasteiger partial charge in [0.05, 0.1) is 6.54 Å². The van der Waals surface area contributed by atoms with E-state index in [4.69, 9.17) is 0 Å². The summed E-state index contributed by atoms with van der Waals surface area (Å²) in [7, 11) is 0. The number of aromatic amines is 1. The topological polar surface area (TPSA) is 90.9 Å². The number of nitrogens with one attached hydrogen (secondary N) is 3. The highest BCUT2D eigenvalue weighted by Gasteiger charge is 2.25. The summed E-state index contributed by atoms with van der Waals surface area (Å²) in [5.74, 6) is 1.84. The summed E-state index contributed by atoms with van der Waals surface area (Å²) in [6.07, 6.45) is 16.8. The minimum Gasteiger partial charge on any atom is -0.347 e. The molecule has 8 heteroatoms. The minimum atomic E-state index is -0.142. The van der Waals surface area contributed by atoms with Gasteiger partial charge >= 0.3 is 0 Å². The molecule has 1 amide bonds. The highest BCUT2D eigenvalue weighted by atomic mass is 16.2. The van der Waals surface area contributed by atoms with Crippen molar-refractivity contribution in [2.75, 3.05) is 32.7 Å². The highest BCUT2D eigenvalue weighted by Crippen LogP contribution is 2.32. The highest BCUT2D eigenvalue weighted by molar-refractivity contribution is 5.90. The lowest BCUT2D eigenvalue weighted by molar-refractivity contribution is 0.0930. The molecule has 0 radical (unpaired) electrons. The summed E-state index contributed by atoms with van der Waals surface area (Å²) in [6, 6.07) is 0.358. The van der Waals surface area contributed by atoms with Crippen LogP contribution in [-0.4, -0.2) is 63.0 Å². The first-order chi connectivity index (χ1) is 16.2. The van der Waals surface area contributed by atoms with Gasteiger partial charge in [-0.2, -0.15) is 0 Å². The number of H-pyrrole nitrogens is 1. The average Bonchev–Trinajstić information content (AvgIpc) is 3.53. The van der Waals surface area contributed by atoms with Gasteiger partial charge < -0.3 is 25.1 Å². The van der Waals surface area contributed by atoms with Crippen molar-refractivity contribution in [2.45, 2.75) is 77.8 Å². The van der Waals surface area contributed by atoms with E-state index in [0.717, 1.165) is 37.7 Å². The van der Waals surface area contributed by atoms with Crippen molar-refractivity contribution in [2.24, 2.45) is 5.92 Å². The van der Waals surface area contributed by atoms with Crippen LogP contribution in [0.4, 0.5) is 0 Å². The van der Waals surface area contributed by atoms with Gasteiger partial charge in [-0.05, 0) is 90.0 Å². The molecule has 1 fully saturated rings. The Balaban J connectivity index is 1.32. The van der Waals surface area contributed by atoms with E-state index >= 15 is 0 Å². The van der Waals surface area contributed by atoms with Crippen molar-refractivity contribution in [1.29, 1.82) is 0 Å². The minimum absolute atomic E-state index is 0.142. The third-order valence-corrected chi connectivity index (χ3v) is 6.64. The fourth-order valence-electron chi connectivity index (χ4n) is 4.91. The fraction of sp³-hybridized carbons (Fsp3) is 0.720. The van der Waals surface area contributed by atoms with E-state index in [1.807, 2.05) is 6.20 Å². The van der Waals surface area contributed by atoms with Crippen molar-refractivity contribution in [1.82, 2.24) is 35.1 Å². The molecule has 0 aliphatic heterocycles. The first kappa shape index (κ1) is 25.4. The largest absolute Gasteiger partial charge is 0.347 e. The summed E-state index contributed by atoms with van der Waals surface area (Å²) in [5.41, 5.74) is 0. The van der Waals surface area contributed by atoms with Crippen LogP contribution in [0.5, 0.6) is 0 Å². The number of carbonyl (C=O) groups is 1. The second-order valence-corrected chi connectivity index (χ2v) is 9.30. The number of hydrogen-bond acceptors (Lipinski definition) is 5. The molecule has 3 N–H and O–H groups in total. The van der Waals surface area contributed by atoms with Crippen LogP contribution in [0.2, 0.25) is 0 Å². The van der Waals surface area contributed by atoms with Gasteiger partial charge in [0, 0.05) is 30.8 Å². The molecule has 0 saturated heterocycles. The molecule has 0 unspecified atom stereocenters. The number of aromatic nitrogens is 4. The van der Waals surface area contributed by atoms with Gasteiger partial charge in [0.1, 0.15) is 5.82 Å². The molecular weight excluding hydrogens is 414 g/mol. The number of nitrogens with zero attached hydrogens (tertiary/aromatic N) is 4. The van der Waals surface area contributed by atoms with Crippen LogP contribution in [0.15, 0.2) is 24.8 Å². The standard InChI is InChI=1S/C25H43N7O/c1-3-15-31(16-4-2)17-6-5-11-26-19-21-7-9-22(10-8-21)32-18-14-29-24(32)25(33)30-20-23-27-12-13-28-23/h12-14,18,21-22,26H,3-11,15-17,19-20H2,1-2H3,(H,27,28)(H,30,33). The molecule has 1 aliphatic carbocycles. The summed E-state index contributed by atoms with van der Waals surface area (Å²) < 4.78 is 2.07. The fourth-order valence-corrected chi connectivity index (χ4v) is 4.91. The van der Waals surface area contributed by atoms with Crippen molar-refractivity contribution in [3.8, 4) is 0 Å². The molecule has 8 nitrogen and oxygen atoms in total. The second-order valence-electron chi connectivity index (χ2n) is 9.30. The Morgan fingerprint density at radius 3 is 2.58 bits per heavy atom. The monoisotopic (exact) mass is 457 g/mol. The normalized spacial score (nSPS) is 18.6. The quantitative estimate of drug-likeness (QED) is 0.354. The van der Waals surface area contributed by atoms with Crippen LogP contribution in [0.25, 0.3) is 0 Å². The number of amides is 1. The third kappa shape index (κ3) is 8.27.